The summed E-state index contributed by atoms with van der Waals surface area (Å²) in [6.07, 6.45) is 3.39. The molecule has 1 fully saturated rings. The summed E-state index contributed by atoms with van der Waals surface area (Å²) in [5.74, 6) is 1.02. The second-order valence-corrected chi connectivity index (χ2v) is 7.28. The monoisotopic (exact) mass is 309 g/mol. The van der Waals surface area contributed by atoms with E-state index in [1.807, 2.05) is 0 Å². The maximum atomic E-state index is 6.17. The molecule has 1 aromatic carbocycles. The Labute approximate surface area is 117 Å². The Hall–Kier alpha value is -0.540. The van der Waals surface area contributed by atoms with E-state index in [-0.39, 0.29) is 17.1 Å². The van der Waals surface area contributed by atoms with Crippen LogP contribution in [0.4, 0.5) is 0 Å². The zero-order chi connectivity index (χ0) is 13.1. The van der Waals surface area contributed by atoms with Crippen molar-refractivity contribution in [3.8, 4) is 5.75 Å². The van der Waals surface area contributed by atoms with Crippen LogP contribution in [0.5, 0.6) is 5.75 Å². The van der Waals surface area contributed by atoms with Crippen LogP contribution < -0.4 is 10.5 Å². The Morgan fingerprint density at radius 2 is 2.00 bits per heavy atom. The summed E-state index contributed by atoms with van der Waals surface area (Å²) >= 11 is 3.65. The number of fused-ring (bicyclic) bond motifs is 1. The molecule has 1 aliphatic carbocycles. The topological polar surface area (TPSA) is 35.2 Å². The highest BCUT2D eigenvalue weighted by Crippen LogP contribution is 2.53. The van der Waals surface area contributed by atoms with Crippen molar-refractivity contribution >= 4 is 15.9 Å². The molecule has 1 unspecified atom stereocenters. The predicted molar refractivity (Wildman–Crippen MR) is 77.1 cm³/mol. The predicted octanol–water partition coefficient (Wildman–Crippen LogP) is 3.54. The number of ether oxygens (including phenoxy) is 1. The quantitative estimate of drug-likeness (QED) is 0.907. The minimum atomic E-state index is -0.0888. The van der Waals surface area contributed by atoms with Crippen LogP contribution in [0.1, 0.15) is 44.7 Å². The second-order valence-electron chi connectivity index (χ2n) is 6.43. The molecule has 1 aliphatic heterocycles. The summed E-state index contributed by atoms with van der Waals surface area (Å²) < 4.78 is 7.07. The third-order valence-corrected chi connectivity index (χ3v) is 4.94. The smallest absolute Gasteiger partial charge is 0.137 e. The molecule has 3 heteroatoms. The Balaban J connectivity index is 2.05. The average molecular weight is 310 g/mol. The van der Waals surface area contributed by atoms with Gasteiger partial charge in [-0.05, 0) is 66.7 Å². The van der Waals surface area contributed by atoms with Crippen molar-refractivity contribution in [2.24, 2.45) is 5.73 Å². The number of halogens is 1. The zero-order valence-corrected chi connectivity index (χ0v) is 12.8. The first-order chi connectivity index (χ1) is 8.34. The van der Waals surface area contributed by atoms with Gasteiger partial charge in [-0.2, -0.15) is 0 Å². The van der Waals surface area contributed by atoms with E-state index in [0.29, 0.717) is 0 Å². The van der Waals surface area contributed by atoms with E-state index in [4.69, 9.17) is 10.5 Å². The second kappa shape index (κ2) is 3.73. The van der Waals surface area contributed by atoms with Crippen molar-refractivity contribution < 1.29 is 4.74 Å². The normalized spacial score (nSPS) is 24.3. The highest BCUT2D eigenvalue weighted by atomic mass is 79.9. The number of rotatable bonds is 2. The third kappa shape index (κ3) is 1.79. The summed E-state index contributed by atoms with van der Waals surface area (Å²) in [5, 5.41) is 0. The minimum absolute atomic E-state index is 0.0888. The molecule has 98 valence electrons. The molecule has 2 nitrogen and oxygen atoms in total. The van der Waals surface area contributed by atoms with Crippen molar-refractivity contribution in [2.75, 3.05) is 0 Å². The lowest BCUT2D eigenvalue weighted by Gasteiger charge is -2.21. The molecular formula is C15H20BrNO. The van der Waals surface area contributed by atoms with Gasteiger partial charge in [0.1, 0.15) is 11.4 Å². The van der Waals surface area contributed by atoms with Crippen molar-refractivity contribution in [2.45, 2.75) is 57.1 Å². The average Bonchev–Trinajstić information content (AvgIpc) is 2.98. The molecule has 0 saturated heterocycles. The fourth-order valence-corrected chi connectivity index (χ4v) is 3.68. The van der Waals surface area contributed by atoms with E-state index in [0.717, 1.165) is 16.6 Å². The molecule has 0 spiro atoms. The molecule has 0 radical (unpaired) electrons. The van der Waals surface area contributed by atoms with Crippen molar-refractivity contribution in [1.82, 2.24) is 0 Å². The van der Waals surface area contributed by atoms with Gasteiger partial charge in [0.05, 0.1) is 4.47 Å². The van der Waals surface area contributed by atoms with Gasteiger partial charge < -0.3 is 10.5 Å². The van der Waals surface area contributed by atoms with Gasteiger partial charge in [0.2, 0.25) is 0 Å². The Morgan fingerprint density at radius 3 is 2.56 bits per heavy atom. The van der Waals surface area contributed by atoms with Gasteiger partial charge in [0, 0.05) is 17.9 Å². The number of hydrogen-bond acceptors (Lipinski definition) is 2. The summed E-state index contributed by atoms with van der Waals surface area (Å²) in [6, 6.07) is 4.74. The van der Waals surface area contributed by atoms with Crippen LogP contribution in [0, 0.1) is 0 Å². The van der Waals surface area contributed by atoms with Gasteiger partial charge in [-0.1, -0.05) is 6.07 Å². The lowest BCUT2D eigenvalue weighted by molar-refractivity contribution is 0.137. The summed E-state index contributed by atoms with van der Waals surface area (Å²) in [5.41, 5.74) is 8.99. The summed E-state index contributed by atoms with van der Waals surface area (Å²) in [6.45, 7) is 6.39. The molecule has 2 N–H and O–H groups in total. The van der Waals surface area contributed by atoms with Crippen LogP contribution in [-0.2, 0) is 11.8 Å². The van der Waals surface area contributed by atoms with Crippen molar-refractivity contribution in [1.29, 1.82) is 0 Å². The Morgan fingerprint density at radius 1 is 1.33 bits per heavy atom. The summed E-state index contributed by atoms with van der Waals surface area (Å²) in [7, 11) is 0. The highest BCUT2D eigenvalue weighted by Gasteiger charge is 2.48. The van der Waals surface area contributed by atoms with Gasteiger partial charge in [-0.15, -0.1) is 0 Å². The summed E-state index contributed by atoms with van der Waals surface area (Å²) in [4.78, 5) is 0. The van der Waals surface area contributed by atoms with Crippen molar-refractivity contribution in [3.05, 3.63) is 27.7 Å². The first-order valence-corrected chi connectivity index (χ1v) is 7.41. The molecule has 3 rings (SSSR count). The molecule has 1 aromatic rings. The fourth-order valence-electron chi connectivity index (χ4n) is 3.10. The molecule has 0 bridgehead atoms. The number of hydrogen-bond donors (Lipinski definition) is 1. The number of nitrogens with two attached hydrogens (primary N) is 1. The lowest BCUT2D eigenvalue weighted by Crippen LogP contribution is -2.31. The van der Waals surface area contributed by atoms with Crippen molar-refractivity contribution in [3.63, 3.8) is 0 Å². The first-order valence-electron chi connectivity index (χ1n) is 6.62. The van der Waals surface area contributed by atoms with Gasteiger partial charge in [-0.3, -0.25) is 0 Å². The Bertz CT molecular complexity index is 503. The van der Waals surface area contributed by atoms with Crippen LogP contribution in [0.15, 0.2) is 16.6 Å². The standard InChI is InChI=1S/C15H20BrNO/c1-9(17)15(4-5-15)11-6-10-8-14(2,3)18-13(10)12(16)7-11/h6-7,9H,4-5,8,17H2,1-3H3. The highest BCUT2D eigenvalue weighted by molar-refractivity contribution is 9.10. The van der Waals surface area contributed by atoms with E-state index < -0.39 is 0 Å². The van der Waals surface area contributed by atoms with E-state index >= 15 is 0 Å². The first kappa shape index (κ1) is 12.5. The van der Waals surface area contributed by atoms with E-state index in [2.05, 4.69) is 48.8 Å². The van der Waals surface area contributed by atoms with Crippen LogP contribution in [-0.4, -0.2) is 11.6 Å². The van der Waals surface area contributed by atoms with Gasteiger partial charge in [0.25, 0.3) is 0 Å². The van der Waals surface area contributed by atoms with Crippen LogP contribution in [0.3, 0.4) is 0 Å². The lowest BCUT2D eigenvalue weighted by atomic mass is 9.87. The zero-order valence-electron chi connectivity index (χ0n) is 11.2. The maximum absolute atomic E-state index is 6.17. The minimum Gasteiger partial charge on any atom is -0.486 e. The van der Waals surface area contributed by atoms with Gasteiger partial charge in [0.15, 0.2) is 0 Å². The molecule has 18 heavy (non-hydrogen) atoms. The van der Waals surface area contributed by atoms with Crippen LogP contribution >= 0.6 is 15.9 Å². The SMILES string of the molecule is CC(N)C1(c2cc(Br)c3c(c2)CC(C)(C)O3)CC1. The van der Waals surface area contributed by atoms with E-state index in [1.54, 1.807) is 0 Å². The molecule has 0 aromatic heterocycles. The third-order valence-electron chi connectivity index (χ3n) is 4.35. The molecule has 1 saturated carbocycles. The molecular weight excluding hydrogens is 290 g/mol. The molecule has 2 aliphatic rings. The van der Waals surface area contributed by atoms with Crippen LogP contribution in [0.2, 0.25) is 0 Å². The number of benzene rings is 1. The Kier molecular flexibility index (Phi) is 2.59. The largest absolute Gasteiger partial charge is 0.486 e. The molecule has 1 atom stereocenters. The van der Waals surface area contributed by atoms with Crippen LogP contribution in [0.25, 0.3) is 0 Å². The molecule has 1 heterocycles. The maximum Gasteiger partial charge on any atom is 0.137 e. The van der Waals surface area contributed by atoms with Gasteiger partial charge in [-0.25, -0.2) is 0 Å². The fraction of sp³-hybridized carbons (Fsp3) is 0.600. The van der Waals surface area contributed by atoms with Gasteiger partial charge >= 0.3 is 0 Å². The molecule has 0 amide bonds. The van der Waals surface area contributed by atoms with E-state index in [9.17, 15) is 0 Å². The van der Waals surface area contributed by atoms with E-state index in [1.165, 1.54) is 24.0 Å².